The third-order valence-electron chi connectivity index (χ3n) is 5.21. The number of nitrogens with two attached hydrogens (primary N) is 1. The summed E-state index contributed by atoms with van der Waals surface area (Å²) in [5.74, 6) is 0.926. The van der Waals surface area contributed by atoms with Gasteiger partial charge in [-0.3, -0.25) is 0 Å². The van der Waals surface area contributed by atoms with E-state index in [0.29, 0.717) is 23.8 Å². The molecule has 0 saturated carbocycles. The Balaban J connectivity index is 1.76. The van der Waals surface area contributed by atoms with Gasteiger partial charge < -0.3 is 20.1 Å². The number of hydrogen-bond acceptors (Lipinski definition) is 5. The zero-order valence-electron chi connectivity index (χ0n) is 16.0. The van der Waals surface area contributed by atoms with E-state index in [1.807, 2.05) is 66.1 Å². The first kappa shape index (κ1) is 18.4. The first-order valence-corrected chi connectivity index (χ1v) is 9.41. The van der Waals surface area contributed by atoms with Gasteiger partial charge in [-0.15, -0.1) is 0 Å². The lowest BCUT2D eigenvalue weighted by molar-refractivity contribution is 0.0217. The number of rotatable bonds is 6. The van der Waals surface area contributed by atoms with Crippen LogP contribution in [0.2, 0.25) is 0 Å². The first-order valence-electron chi connectivity index (χ1n) is 9.41. The van der Waals surface area contributed by atoms with Gasteiger partial charge in [0.15, 0.2) is 5.82 Å². The molecule has 0 aliphatic heterocycles. The fourth-order valence-electron chi connectivity index (χ4n) is 3.57. The molecule has 6 heteroatoms. The maximum Gasteiger partial charge on any atom is 0.152 e. The molecule has 0 radical (unpaired) electrons. The minimum atomic E-state index is -0.182. The number of nitrogens with zero attached hydrogens (tertiary/aromatic N) is 3. The summed E-state index contributed by atoms with van der Waals surface area (Å²) in [5, 5.41) is 10.9. The summed E-state index contributed by atoms with van der Waals surface area (Å²) in [7, 11) is 0. The van der Waals surface area contributed by atoms with E-state index in [1.165, 1.54) is 0 Å². The third kappa shape index (κ3) is 3.21. The summed E-state index contributed by atoms with van der Waals surface area (Å²) in [4.78, 5) is 9.03. The van der Waals surface area contributed by atoms with Crippen molar-refractivity contribution < 1.29 is 9.84 Å². The Morgan fingerprint density at radius 2 is 1.75 bits per heavy atom. The van der Waals surface area contributed by atoms with Crippen LogP contribution < -0.4 is 5.73 Å². The molecule has 0 unspecified atom stereocenters. The number of nitrogen functional groups attached to an aromatic ring is 1. The number of anilines is 1. The minimum absolute atomic E-state index is 0.0546. The van der Waals surface area contributed by atoms with Crippen LogP contribution >= 0.6 is 0 Å². The van der Waals surface area contributed by atoms with Gasteiger partial charge in [0.25, 0.3) is 0 Å². The van der Waals surface area contributed by atoms with Gasteiger partial charge >= 0.3 is 0 Å². The van der Waals surface area contributed by atoms with Crippen LogP contribution in [0.25, 0.3) is 21.9 Å². The standard InChI is InChI=1S/C22H24N4O2/c1-14(15(2)28-13-16-8-4-3-5-9-16)26-19(12-27)25-20-21(26)17-10-6-7-11-18(17)24-22(20)23/h3-11,14-15,27H,12-13H2,1-2H3,(H2,23,24)/t14-,15+/m1/s1. The van der Waals surface area contributed by atoms with Gasteiger partial charge in [0.1, 0.15) is 17.9 Å². The molecule has 6 nitrogen and oxygen atoms in total. The van der Waals surface area contributed by atoms with Crippen LogP contribution in [0.4, 0.5) is 5.82 Å². The second-order valence-corrected chi connectivity index (χ2v) is 7.01. The average Bonchev–Trinajstić information content (AvgIpc) is 3.13. The Morgan fingerprint density at radius 3 is 2.50 bits per heavy atom. The molecular weight excluding hydrogens is 352 g/mol. The highest BCUT2D eigenvalue weighted by Gasteiger charge is 2.24. The highest BCUT2D eigenvalue weighted by atomic mass is 16.5. The van der Waals surface area contributed by atoms with Crippen LogP contribution in [0, 0.1) is 0 Å². The maximum absolute atomic E-state index is 9.94. The normalized spacial score (nSPS) is 13.8. The molecule has 2 aromatic carbocycles. The number of imidazole rings is 1. The summed E-state index contributed by atoms with van der Waals surface area (Å²) < 4.78 is 8.16. The fourth-order valence-corrected chi connectivity index (χ4v) is 3.57. The molecule has 2 aromatic heterocycles. The topological polar surface area (TPSA) is 86.2 Å². The summed E-state index contributed by atoms with van der Waals surface area (Å²) in [6.07, 6.45) is -0.101. The van der Waals surface area contributed by atoms with Crippen molar-refractivity contribution in [2.45, 2.75) is 39.2 Å². The van der Waals surface area contributed by atoms with Crippen LogP contribution in [0.5, 0.6) is 0 Å². The summed E-state index contributed by atoms with van der Waals surface area (Å²) in [5.41, 5.74) is 9.60. The van der Waals surface area contributed by atoms with Crippen LogP contribution in [0.3, 0.4) is 0 Å². The van der Waals surface area contributed by atoms with Crippen LogP contribution in [-0.2, 0) is 18.0 Å². The molecule has 0 aliphatic rings. The van der Waals surface area contributed by atoms with Gasteiger partial charge in [-0.05, 0) is 25.5 Å². The molecule has 144 valence electrons. The Kier molecular flexibility index (Phi) is 4.98. The molecule has 0 amide bonds. The molecule has 4 aromatic rings. The van der Waals surface area contributed by atoms with E-state index < -0.39 is 0 Å². The fraction of sp³-hybridized carbons (Fsp3) is 0.273. The molecule has 0 aliphatic carbocycles. The van der Waals surface area contributed by atoms with Crippen molar-refractivity contribution in [1.82, 2.24) is 14.5 Å². The van der Waals surface area contributed by atoms with Crippen LogP contribution in [-0.4, -0.2) is 25.7 Å². The largest absolute Gasteiger partial charge is 0.388 e. The Bertz CT molecular complexity index is 1110. The molecule has 28 heavy (non-hydrogen) atoms. The number of para-hydroxylation sites is 1. The SMILES string of the molecule is C[C@H](OCc1ccccc1)[C@@H](C)n1c(CO)nc2c(N)nc3ccccc3c21. The number of aliphatic hydroxyl groups is 1. The van der Waals surface area contributed by atoms with E-state index in [-0.39, 0.29) is 18.8 Å². The number of aromatic nitrogens is 3. The van der Waals surface area contributed by atoms with Crippen LogP contribution in [0.15, 0.2) is 54.6 Å². The van der Waals surface area contributed by atoms with Gasteiger partial charge in [-0.2, -0.15) is 0 Å². The highest BCUT2D eigenvalue weighted by molar-refractivity contribution is 6.06. The predicted octanol–water partition coefficient (Wildman–Crippen LogP) is 3.83. The second-order valence-electron chi connectivity index (χ2n) is 7.01. The Morgan fingerprint density at radius 1 is 1.04 bits per heavy atom. The quantitative estimate of drug-likeness (QED) is 0.534. The van der Waals surface area contributed by atoms with Gasteiger partial charge in [0.2, 0.25) is 0 Å². The molecule has 0 spiro atoms. The summed E-state index contributed by atoms with van der Waals surface area (Å²) in [6, 6.07) is 17.9. The number of pyridine rings is 1. The third-order valence-corrected chi connectivity index (χ3v) is 5.21. The molecule has 3 N–H and O–H groups in total. The molecule has 4 rings (SSSR count). The van der Waals surface area contributed by atoms with Crippen molar-refractivity contribution in [3.05, 3.63) is 66.0 Å². The Labute approximate surface area is 163 Å². The van der Waals surface area contributed by atoms with E-state index >= 15 is 0 Å². The number of ether oxygens (including phenoxy) is 1. The molecule has 0 fully saturated rings. The monoisotopic (exact) mass is 376 g/mol. The zero-order chi connectivity index (χ0) is 19.7. The van der Waals surface area contributed by atoms with E-state index in [0.717, 1.165) is 22.0 Å². The summed E-state index contributed by atoms with van der Waals surface area (Å²) >= 11 is 0. The lowest BCUT2D eigenvalue weighted by atomic mass is 10.1. The van der Waals surface area contributed by atoms with Crippen molar-refractivity contribution in [2.24, 2.45) is 0 Å². The van der Waals surface area contributed by atoms with E-state index in [4.69, 9.17) is 10.5 Å². The Hall–Kier alpha value is -2.96. The van der Waals surface area contributed by atoms with Gasteiger partial charge in [0, 0.05) is 5.39 Å². The molecular formula is C22H24N4O2. The predicted molar refractivity (Wildman–Crippen MR) is 111 cm³/mol. The zero-order valence-corrected chi connectivity index (χ0v) is 16.0. The van der Waals surface area contributed by atoms with E-state index in [1.54, 1.807) is 0 Å². The van der Waals surface area contributed by atoms with Crippen molar-refractivity contribution in [1.29, 1.82) is 0 Å². The van der Waals surface area contributed by atoms with Gasteiger partial charge in [-0.25, -0.2) is 9.97 Å². The molecule has 0 saturated heterocycles. The van der Waals surface area contributed by atoms with Gasteiger partial charge in [-0.1, -0.05) is 48.5 Å². The van der Waals surface area contributed by atoms with Crippen molar-refractivity contribution in [3.63, 3.8) is 0 Å². The van der Waals surface area contributed by atoms with Crippen molar-refractivity contribution in [2.75, 3.05) is 5.73 Å². The number of benzene rings is 2. The highest BCUT2D eigenvalue weighted by Crippen LogP contribution is 2.32. The second kappa shape index (κ2) is 7.58. The van der Waals surface area contributed by atoms with E-state index in [2.05, 4.69) is 16.9 Å². The maximum atomic E-state index is 9.94. The minimum Gasteiger partial charge on any atom is -0.388 e. The van der Waals surface area contributed by atoms with Crippen LogP contribution in [0.1, 0.15) is 31.3 Å². The van der Waals surface area contributed by atoms with Crippen molar-refractivity contribution in [3.8, 4) is 0 Å². The lowest BCUT2D eigenvalue weighted by Gasteiger charge is -2.24. The number of aliphatic hydroxyl groups excluding tert-OH is 1. The van der Waals surface area contributed by atoms with Gasteiger partial charge in [0.05, 0.1) is 29.8 Å². The molecule has 2 atom stereocenters. The number of fused-ring (bicyclic) bond motifs is 3. The molecule has 2 heterocycles. The number of hydrogen-bond donors (Lipinski definition) is 2. The van der Waals surface area contributed by atoms with E-state index in [9.17, 15) is 5.11 Å². The smallest absolute Gasteiger partial charge is 0.152 e. The summed E-state index contributed by atoms with van der Waals surface area (Å²) in [6.45, 7) is 4.45. The first-order chi connectivity index (χ1) is 13.6. The lowest BCUT2D eigenvalue weighted by Crippen LogP contribution is -2.23. The molecule has 0 bridgehead atoms. The van der Waals surface area contributed by atoms with Crippen molar-refractivity contribution >= 4 is 27.8 Å². The average molecular weight is 376 g/mol.